The van der Waals surface area contributed by atoms with Crippen LogP contribution >= 0.6 is 0 Å². The molecule has 118 valence electrons. The molecule has 23 heavy (non-hydrogen) atoms. The summed E-state index contributed by atoms with van der Waals surface area (Å²) in [6.07, 6.45) is 0. The number of nitro benzene ring substituents is 1. The second-order valence-corrected chi connectivity index (χ2v) is 6.55. The van der Waals surface area contributed by atoms with Crippen molar-refractivity contribution in [2.75, 3.05) is 0 Å². The molecule has 3 aromatic rings. The van der Waals surface area contributed by atoms with Gasteiger partial charge in [-0.25, -0.2) is 18.1 Å². The minimum atomic E-state index is -3.87. The molecule has 9 heteroatoms. The number of nitrogens with one attached hydrogen (secondary N) is 2. The fourth-order valence-corrected chi connectivity index (χ4v) is 3.13. The highest BCUT2D eigenvalue weighted by atomic mass is 32.2. The van der Waals surface area contributed by atoms with Crippen LogP contribution in [-0.4, -0.2) is 23.3 Å². The molecule has 0 saturated carbocycles. The second-order valence-electron chi connectivity index (χ2n) is 4.78. The van der Waals surface area contributed by atoms with Gasteiger partial charge in [-0.2, -0.15) is 0 Å². The molecular formula is C14H12N4O4S. The molecule has 0 spiro atoms. The molecule has 1 aromatic heterocycles. The molecule has 1 heterocycles. The van der Waals surface area contributed by atoms with Gasteiger partial charge in [-0.1, -0.05) is 18.2 Å². The molecular weight excluding hydrogens is 320 g/mol. The zero-order valence-electron chi connectivity index (χ0n) is 11.8. The van der Waals surface area contributed by atoms with Crippen LogP contribution < -0.4 is 4.72 Å². The van der Waals surface area contributed by atoms with Crippen molar-refractivity contribution in [3.63, 3.8) is 0 Å². The lowest BCUT2D eigenvalue weighted by Crippen LogP contribution is -2.23. The first-order valence-electron chi connectivity index (χ1n) is 6.63. The van der Waals surface area contributed by atoms with Gasteiger partial charge in [0, 0.05) is 12.1 Å². The van der Waals surface area contributed by atoms with Gasteiger partial charge in [-0.05, 0) is 18.2 Å². The molecule has 0 aliphatic heterocycles. The Morgan fingerprint density at radius 3 is 2.70 bits per heavy atom. The lowest BCUT2D eigenvalue weighted by atomic mass is 10.3. The number of nitrogens with zero attached hydrogens (tertiary/aromatic N) is 2. The molecule has 0 fully saturated rings. The Morgan fingerprint density at radius 1 is 1.17 bits per heavy atom. The molecule has 0 radical (unpaired) electrons. The summed E-state index contributed by atoms with van der Waals surface area (Å²) in [4.78, 5) is 17.2. The Hall–Kier alpha value is -2.78. The minimum Gasteiger partial charge on any atom is -0.341 e. The van der Waals surface area contributed by atoms with Crippen molar-refractivity contribution >= 4 is 26.7 Å². The van der Waals surface area contributed by atoms with Gasteiger partial charge in [0.25, 0.3) is 5.69 Å². The number of aromatic nitrogens is 2. The number of imidazole rings is 1. The van der Waals surface area contributed by atoms with E-state index in [1.165, 1.54) is 18.2 Å². The van der Waals surface area contributed by atoms with Gasteiger partial charge in [0.15, 0.2) is 0 Å². The molecule has 0 aliphatic rings. The van der Waals surface area contributed by atoms with Crippen LogP contribution in [0.3, 0.4) is 0 Å². The van der Waals surface area contributed by atoms with Crippen LogP contribution in [0, 0.1) is 10.1 Å². The molecule has 0 aliphatic carbocycles. The van der Waals surface area contributed by atoms with Crippen molar-refractivity contribution < 1.29 is 13.3 Å². The number of fused-ring (bicyclic) bond motifs is 1. The third kappa shape index (κ3) is 3.20. The monoisotopic (exact) mass is 332 g/mol. The van der Waals surface area contributed by atoms with E-state index in [0.717, 1.165) is 17.1 Å². The van der Waals surface area contributed by atoms with Crippen molar-refractivity contribution in [3.05, 3.63) is 64.5 Å². The topological polar surface area (TPSA) is 118 Å². The quantitative estimate of drug-likeness (QED) is 0.547. The highest BCUT2D eigenvalue weighted by Crippen LogP contribution is 2.17. The number of aromatic amines is 1. The Balaban J connectivity index is 1.81. The van der Waals surface area contributed by atoms with E-state index in [2.05, 4.69) is 14.7 Å². The maximum Gasteiger partial charge on any atom is 0.270 e. The van der Waals surface area contributed by atoms with Gasteiger partial charge in [0.1, 0.15) is 5.82 Å². The average Bonchev–Trinajstić information content (AvgIpc) is 2.96. The summed E-state index contributed by atoms with van der Waals surface area (Å²) in [5, 5.41) is 10.7. The van der Waals surface area contributed by atoms with Crippen LogP contribution in [0.15, 0.2) is 53.4 Å². The maximum absolute atomic E-state index is 12.2. The first kappa shape index (κ1) is 15.1. The van der Waals surface area contributed by atoms with Gasteiger partial charge >= 0.3 is 0 Å². The second kappa shape index (κ2) is 5.78. The lowest BCUT2D eigenvalue weighted by molar-refractivity contribution is -0.385. The normalized spacial score (nSPS) is 11.7. The van der Waals surface area contributed by atoms with Crippen LogP contribution in [0.2, 0.25) is 0 Å². The predicted octanol–water partition coefficient (Wildman–Crippen LogP) is 1.95. The van der Waals surface area contributed by atoms with Crippen LogP contribution in [0.1, 0.15) is 5.82 Å². The Morgan fingerprint density at radius 2 is 1.96 bits per heavy atom. The van der Waals surface area contributed by atoms with E-state index < -0.39 is 14.9 Å². The summed E-state index contributed by atoms with van der Waals surface area (Å²) in [5.41, 5.74) is 1.26. The van der Waals surface area contributed by atoms with Crippen molar-refractivity contribution in [1.82, 2.24) is 14.7 Å². The van der Waals surface area contributed by atoms with Crippen molar-refractivity contribution in [2.45, 2.75) is 11.4 Å². The number of hydrogen-bond acceptors (Lipinski definition) is 5. The number of hydrogen-bond donors (Lipinski definition) is 2. The van der Waals surface area contributed by atoms with Gasteiger partial charge in [0.2, 0.25) is 10.0 Å². The van der Waals surface area contributed by atoms with E-state index in [-0.39, 0.29) is 17.1 Å². The number of H-pyrrole nitrogens is 1. The van der Waals surface area contributed by atoms with E-state index in [1.54, 1.807) is 0 Å². The highest BCUT2D eigenvalue weighted by molar-refractivity contribution is 7.89. The molecule has 2 aromatic carbocycles. The van der Waals surface area contributed by atoms with E-state index in [4.69, 9.17) is 0 Å². The average molecular weight is 332 g/mol. The third-order valence-electron chi connectivity index (χ3n) is 3.21. The standard InChI is InChI=1S/C14H12N4O4S/c19-18(20)10-4-3-5-11(8-10)23(21,22)15-9-14-16-12-6-1-2-7-13(12)17-14/h1-8,15H,9H2,(H,16,17). The summed E-state index contributed by atoms with van der Waals surface area (Å²) in [7, 11) is -3.87. The first-order chi connectivity index (χ1) is 11.0. The SMILES string of the molecule is O=[N+]([O-])c1cccc(S(=O)(=O)NCc2nc3ccccc3[nH]2)c1. The molecule has 0 atom stereocenters. The number of sulfonamides is 1. The molecule has 0 saturated heterocycles. The van der Waals surface area contributed by atoms with Crippen molar-refractivity contribution in [3.8, 4) is 0 Å². The van der Waals surface area contributed by atoms with E-state index in [1.807, 2.05) is 24.3 Å². The third-order valence-corrected chi connectivity index (χ3v) is 4.61. The van der Waals surface area contributed by atoms with E-state index in [0.29, 0.717) is 5.82 Å². The summed E-state index contributed by atoms with van der Waals surface area (Å²) >= 11 is 0. The van der Waals surface area contributed by atoms with Gasteiger partial charge in [-0.3, -0.25) is 10.1 Å². The zero-order valence-corrected chi connectivity index (χ0v) is 12.6. The fraction of sp³-hybridized carbons (Fsp3) is 0.0714. The van der Waals surface area contributed by atoms with Crippen molar-refractivity contribution in [2.24, 2.45) is 0 Å². The van der Waals surface area contributed by atoms with Gasteiger partial charge < -0.3 is 4.98 Å². The van der Waals surface area contributed by atoms with Gasteiger partial charge in [-0.15, -0.1) is 0 Å². The lowest BCUT2D eigenvalue weighted by Gasteiger charge is -2.05. The number of non-ortho nitro benzene ring substituents is 1. The highest BCUT2D eigenvalue weighted by Gasteiger charge is 2.18. The summed E-state index contributed by atoms with van der Waals surface area (Å²) in [6.45, 7) is -0.0420. The number of nitro groups is 1. The Bertz CT molecular complexity index is 948. The molecule has 2 N–H and O–H groups in total. The Kier molecular flexibility index (Phi) is 3.80. The summed E-state index contributed by atoms with van der Waals surface area (Å²) in [5.74, 6) is 0.459. The number of rotatable bonds is 5. The van der Waals surface area contributed by atoms with E-state index >= 15 is 0 Å². The largest absolute Gasteiger partial charge is 0.341 e. The maximum atomic E-state index is 12.2. The molecule has 0 unspecified atom stereocenters. The van der Waals surface area contributed by atoms with Crippen LogP contribution in [0.25, 0.3) is 11.0 Å². The zero-order chi connectivity index (χ0) is 16.4. The van der Waals surface area contributed by atoms with Gasteiger partial charge in [0.05, 0.1) is 27.4 Å². The van der Waals surface area contributed by atoms with Crippen LogP contribution in [0.4, 0.5) is 5.69 Å². The smallest absolute Gasteiger partial charge is 0.270 e. The molecule has 3 rings (SSSR count). The summed E-state index contributed by atoms with van der Waals surface area (Å²) in [6, 6.07) is 12.2. The van der Waals surface area contributed by atoms with Crippen LogP contribution in [-0.2, 0) is 16.6 Å². The summed E-state index contributed by atoms with van der Waals surface area (Å²) < 4.78 is 26.8. The van der Waals surface area contributed by atoms with Crippen molar-refractivity contribution in [1.29, 1.82) is 0 Å². The Labute approximate surface area is 131 Å². The number of para-hydroxylation sites is 2. The molecule has 0 bridgehead atoms. The minimum absolute atomic E-state index is 0.0420. The fourth-order valence-electron chi connectivity index (χ4n) is 2.10. The molecule has 8 nitrogen and oxygen atoms in total. The predicted molar refractivity (Wildman–Crippen MR) is 83.2 cm³/mol. The first-order valence-corrected chi connectivity index (χ1v) is 8.12. The number of benzene rings is 2. The van der Waals surface area contributed by atoms with E-state index in [9.17, 15) is 18.5 Å². The molecule has 0 amide bonds. The van der Waals surface area contributed by atoms with Crippen LogP contribution in [0.5, 0.6) is 0 Å².